The van der Waals surface area contributed by atoms with E-state index in [9.17, 15) is 33.9 Å². The first kappa shape index (κ1) is 64.2. The molecule has 0 amide bonds. The zero-order valence-corrected chi connectivity index (χ0v) is 46.8. The van der Waals surface area contributed by atoms with Crippen LogP contribution in [0, 0.1) is 11.8 Å². The van der Waals surface area contributed by atoms with Crippen molar-refractivity contribution in [1.29, 1.82) is 0 Å². The van der Waals surface area contributed by atoms with E-state index in [1.807, 2.05) is 13.8 Å². The molecule has 0 aromatic heterocycles. The second-order valence-corrected chi connectivity index (χ2v) is 25.7. The minimum atomic E-state index is -2.49. The summed E-state index contributed by atoms with van der Waals surface area (Å²) in [5.41, 5.74) is -1.36. The molecule has 0 aromatic rings. The van der Waals surface area contributed by atoms with E-state index >= 15 is 0 Å². The van der Waals surface area contributed by atoms with E-state index in [4.69, 9.17) is 56.5 Å². The second kappa shape index (κ2) is 29.2. The van der Waals surface area contributed by atoms with E-state index in [-0.39, 0.29) is 43.6 Å². The van der Waals surface area contributed by atoms with Gasteiger partial charge in [0.2, 0.25) is 0 Å². The number of carbonyl (C=O) groups is 6. The molecular formula is C50H89NO19Si. The Bertz CT molecular complexity index is 1680. The average Bonchev–Trinajstić information content (AvgIpc) is 3.26. The number of ether oxygens (including phenoxy) is 11. The van der Waals surface area contributed by atoms with Crippen molar-refractivity contribution in [2.45, 2.75) is 237 Å². The van der Waals surface area contributed by atoms with Crippen molar-refractivity contribution in [3.05, 3.63) is 0 Å². The van der Waals surface area contributed by atoms with Crippen LogP contribution in [0.1, 0.15) is 128 Å². The van der Waals surface area contributed by atoms with Crippen LogP contribution in [0.15, 0.2) is 0 Å². The summed E-state index contributed by atoms with van der Waals surface area (Å²) in [7, 11) is 5.31. The fourth-order valence-corrected chi connectivity index (χ4v) is 10.3. The third-order valence-electron chi connectivity index (χ3n) is 13.8. The Labute approximate surface area is 423 Å². The monoisotopic (exact) mass is 1040 g/mol. The lowest BCUT2D eigenvalue weighted by molar-refractivity contribution is -0.346. The number of methoxy groups -OCH3 is 3. The fraction of sp³-hybridized carbons (Fsp3) is 0.880. The highest BCUT2D eigenvalue weighted by molar-refractivity contribution is 6.74. The first-order valence-corrected chi connectivity index (χ1v) is 27.9. The molecule has 0 bridgehead atoms. The Morgan fingerprint density at radius 2 is 1.52 bits per heavy atom. The lowest BCUT2D eigenvalue weighted by atomic mass is 9.82. The van der Waals surface area contributed by atoms with Crippen molar-refractivity contribution in [3.63, 3.8) is 0 Å². The van der Waals surface area contributed by atoms with Crippen molar-refractivity contribution in [1.82, 2.24) is 4.90 Å². The number of hydrogen-bond acceptors (Lipinski definition) is 20. The molecule has 21 heteroatoms. The van der Waals surface area contributed by atoms with Gasteiger partial charge in [-0.2, -0.15) is 0 Å². The summed E-state index contributed by atoms with van der Waals surface area (Å²) >= 11 is 0. The van der Waals surface area contributed by atoms with Crippen LogP contribution < -0.4 is 0 Å². The molecule has 0 unspecified atom stereocenters. The van der Waals surface area contributed by atoms with Gasteiger partial charge in [-0.1, -0.05) is 41.5 Å². The highest BCUT2D eigenvalue weighted by atomic mass is 28.4. The van der Waals surface area contributed by atoms with Crippen LogP contribution in [0.4, 0.5) is 0 Å². The molecule has 2 saturated heterocycles. The van der Waals surface area contributed by atoms with Crippen LogP contribution in [-0.2, 0) is 85.3 Å². The van der Waals surface area contributed by atoms with Crippen LogP contribution in [0.5, 0.6) is 0 Å². The van der Waals surface area contributed by atoms with Gasteiger partial charge in [0, 0.05) is 60.4 Å². The number of likely N-dealkylation sites (N-methyl/N-ethyl adjacent to an activating group) is 1. The number of aliphatic hydroxyl groups is 1. The molecular weight excluding hydrogens is 947 g/mol. The molecule has 16 atom stereocenters. The summed E-state index contributed by atoms with van der Waals surface area (Å²) in [5.74, 6) is -3.63. The van der Waals surface area contributed by atoms with Crippen LogP contribution >= 0.6 is 0 Å². The van der Waals surface area contributed by atoms with Gasteiger partial charge in [-0.05, 0) is 84.6 Å². The van der Waals surface area contributed by atoms with Crippen molar-refractivity contribution < 1.29 is 90.4 Å². The number of nitrogens with zero attached hydrogens (tertiary/aromatic N) is 1. The molecule has 412 valence electrons. The fourth-order valence-electron chi connectivity index (χ4n) is 8.98. The summed E-state index contributed by atoms with van der Waals surface area (Å²) in [5, 5.41) is 11.7. The third kappa shape index (κ3) is 18.7. The highest BCUT2D eigenvalue weighted by Crippen LogP contribution is 2.42. The molecule has 0 aliphatic carbocycles. The molecule has 0 spiro atoms. The lowest BCUT2D eigenvalue weighted by Gasteiger charge is -2.51. The normalized spacial score (nSPS) is 28.2. The molecule has 1 N–H and O–H groups in total. The summed E-state index contributed by atoms with van der Waals surface area (Å²) < 4.78 is 74.3. The molecule has 2 aliphatic heterocycles. The quantitative estimate of drug-likeness (QED) is 0.0309. The predicted molar refractivity (Wildman–Crippen MR) is 261 cm³/mol. The van der Waals surface area contributed by atoms with E-state index in [1.54, 1.807) is 53.6 Å². The summed E-state index contributed by atoms with van der Waals surface area (Å²) in [6.45, 7) is 23.6. The Kier molecular flexibility index (Phi) is 26.4. The van der Waals surface area contributed by atoms with Gasteiger partial charge in [-0.15, -0.1) is 0 Å². The Balaban J connectivity index is 2.80. The summed E-state index contributed by atoms with van der Waals surface area (Å²) in [6.07, 6.45) is -11.9. The Morgan fingerprint density at radius 3 is 2.03 bits per heavy atom. The molecule has 2 aliphatic rings. The Morgan fingerprint density at radius 1 is 0.887 bits per heavy atom. The SMILES string of the molecule is CCCC(=O)O[C@H]1[C@H](C)O[C@@H](O[C@H]2[C@H](N(C)C)[C@@H](OC(C)=O)[C@H](O[C@@H]([C@@H](CC(OC)OC)C[C@@H](C)[C@H](C=O)O[Si](C)(C)C(C)(C)C)[C@@H](OC)[C@H](O)CC(=O)O[C@H](C)CC=O)O[C@@H]2C)C[C@@]1(C)OC(=O)CC. The van der Waals surface area contributed by atoms with E-state index < -0.39 is 142 Å². The molecule has 2 heterocycles. The van der Waals surface area contributed by atoms with E-state index in [1.165, 1.54) is 28.3 Å². The van der Waals surface area contributed by atoms with E-state index in [0.29, 0.717) is 12.7 Å². The summed E-state index contributed by atoms with van der Waals surface area (Å²) in [6, 6.07) is -0.822. The van der Waals surface area contributed by atoms with Crippen molar-refractivity contribution in [2.24, 2.45) is 11.8 Å². The first-order valence-electron chi connectivity index (χ1n) is 25.0. The van der Waals surface area contributed by atoms with Crippen molar-refractivity contribution in [2.75, 3.05) is 35.4 Å². The second-order valence-electron chi connectivity index (χ2n) is 21.0. The van der Waals surface area contributed by atoms with Crippen molar-refractivity contribution >= 4 is 44.8 Å². The van der Waals surface area contributed by atoms with Gasteiger partial charge in [0.1, 0.15) is 37.0 Å². The minimum Gasteiger partial charge on any atom is -0.462 e. The number of aliphatic hydroxyl groups excluding tert-OH is 1. The first-order chi connectivity index (χ1) is 33.1. The standard InChI is InChI=1S/C50H89NO19Si/c1-19-21-38(57)66-47-32(6)63-41(27-50(47,11)69-37(56)20-2)67-43-31(5)64-48(46(65-33(7)54)42(43)51(12)13)68-44(45(61-16)35(55)26-39(58)62-30(4)22-23-52)34(25-40(59-14)60-15)24-29(3)36(28-53)70-71(17,18)49(8,9)10/h23,28-32,34-36,40-48,55H,19-22,24-27H2,1-18H3/t29-,30-,31-,32+,34-,35-,36+,41+,42+,43-,44+,45+,46-,47+,48+,50-/m1/s1. The molecule has 2 fully saturated rings. The minimum absolute atomic E-state index is 0.0402. The maximum Gasteiger partial charge on any atom is 0.308 e. The predicted octanol–water partition coefficient (Wildman–Crippen LogP) is 5.45. The van der Waals surface area contributed by atoms with E-state index in [2.05, 4.69) is 33.9 Å². The molecule has 20 nitrogen and oxygen atoms in total. The molecule has 2 rings (SSSR count). The van der Waals surface area contributed by atoms with Gasteiger partial charge in [-0.25, -0.2) is 0 Å². The van der Waals surface area contributed by atoms with Crippen LogP contribution in [-0.4, -0.2) is 182 Å². The Hall–Kier alpha value is -2.96. The van der Waals surface area contributed by atoms with Gasteiger partial charge in [-0.3, -0.25) is 19.2 Å². The highest BCUT2D eigenvalue weighted by Gasteiger charge is 2.56. The number of aldehydes is 2. The third-order valence-corrected chi connectivity index (χ3v) is 18.2. The zero-order valence-electron chi connectivity index (χ0n) is 45.8. The number of esters is 4. The molecule has 0 saturated carbocycles. The number of rotatable bonds is 30. The van der Waals surface area contributed by atoms with Gasteiger partial charge >= 0.3 is 23.9 Å². The largest absolute Gasteiger partial charge is 0.462 e. The van der Waals surface area contributed by atoms with Crippen LogP contribution in [0.25, 0.3) is 0 Å². The van der Waals surface area contributed by atoms with Gasteiger partial charge in [0.25, 0.3) is 0 Å². The van der Waals surface area contributed by atoms with Gasteiger partial charge < -0.3 is 76.1 Å². The van der Waals surface area contributed by atoms with Gasteiger partial charge in [0.15, 0.2) is 45.0 Å². The molecule has 0 aromatic carbocycles. The van der Waals surface area contributed by atoms with Crippen LogP contribution in [0.2, 0.25) is 18.1 Å². The smallest absolute Gasteiger partial charge is 0.308 e. The van der Waals surface area contributed by atoms with E-state index in [0.717, 1.165) is 6.29 Å². The summed E-state index contributed by atoms with van der Waals surface area (Å²) in [4.78, 5) is 77.9. The van der Waals surface area contributed by atoms with Crippen molar-refractivity contribution in [3.8, 4) is 0 Å². The van der Waals surface area contributed by atoms with Crippen LogP contribution in [0.3, 0.4) is 0 Å². The maximum absolute atomic E-state index is 13.2. The lowest BCUT2D eigenvalue weighted by Crippen LogP contribution is -2.67. The maximum atomic E-state index is 13.2. The number of hydrogen-bond donors (Lipinski definition) is 1. The zero-order chi connectivity index (χ0) is 54.2. The molecule has 71 heavy (non-hydrogen) atoms. The number of carbonyl (C=O) groups excluding carboxylic acids is 6. The van der Waals surface area contributed by atoms with Gasteiger partial charge in [0.05, 0.1) is 36.9 Å². The average molecular weight is 1040 g/mol. The topological polar surface area (TPSA) is 237 Å². The molecule has 0 radical (unpaired) electrons.